The van der Waals surface area contributed by atoms with Gasteiger partial charge in [-0.1, -0.05) is 18.6 Å². The first-order chi connectivity index (χ1) is 11.3. The molecule has 0 bridgehead atoms. The van der Waals surface area contributed by atoms with Crippen LogP contribution >= 0.6 is 0 Å². The molecule has 0 radical (unpaired) electrons. The highest BCUT2D eigenvalue weighted by Crippen LogP contribution is 2.29. The van der Waals surface area contributed by atoms with E-state index >= 15 is 0 Å². The number of amides is 1. The summed E-state index contributed by atoms with van der Waals surface area (Å²) in [7, 11) is 0. The van der Waals surface area contributed by atoms with Crippen molar-refractivity contribution in [3.05, 3.63) is 48.5 Å². The fraction of sp³-hybridized carbons (Fsp3) is 0.316. The molecule has 1 saturated carbocycles. The Bertz CT molecular complexity index is 663. The minimum atomic E-state index is 0.138. The number of hydrogen-bond donors (Lipinski definition) is 2. The summed E-state index contributed by atoms with van der Waals surface area (Å²) in [6, 6.07) is 15.6. The lowest BCUT2D eigenvalue weighted by atomic mass is 9.85. The van der Waals surface area contributed by atoms with Crippen molar-refractivity contribution in [3.8, 4) is 5.75 Å². The van der Waals surface area contributed by atoms with Gasteiger partial charge in [0.2, 0.25) is 5.91 Å². The molecule has 2 aromatic rings. The lowest BCUT2D eigenvalue weighted by Gasteiger charge is -2.24. The molecule has 2 N–H and O–H groups in total. The van der Waals surface area contributed by atoms with Gasteiger partial charge in [-0.05, 0) is 56.2 Å². The summed E-state index contributed by atoms with van der Waals surface area (Å²) in [5, 5.41) is 6.32. The highest BCUT2D eigenvalue weighted by Gasteiger charge is 2.24. The van der Waals surface area contributed by atoms with Crippen molar-refractivity contribution < 1.29 is 9.53 Å². The lowest BCUT2D eigenvalue weighted by Crippen LogP contribution is -2.27. The Morgan fingerprint density at radius 2 is 1.78 bits per heavy atom. The van der Waals surface area contributed by atoms with E-state index in [1.807, 2.05) is 55.5 Å². The van der Waals surface area contributed by atoms with Crippen LogP contribution in [0.3, 0.4) is 0 Å². The quantitative estimate of drug-likeness (QED) is 0.822. The van der Waals surface area contributed by atoms with Gasteiger partial charge >= 0.3 is 0 Å². The second-order valence-electron chi connectivity index (χ2n) is 5.75. The maximum absolute atomic E-state index is 11.9. The number of rotatable bonds is 6. The van der Waals surface area contributed by atoms with Crippen molar-refractivity contribution in [2.24, 2.45) is 5.92 Å². The molecule has 23 heavy (non-hydrogen) atoms. The van der Waals surface area contributed by atoms with Gasteiger partial charge in [0.05, 0.1) is 12.3 Å². The standard InChI is InChI=1S/C19H22N2O2/c1-2-23-18-9-4-3-8-17(18)20-15-10-12-16(13-11-15)21-19(22)14-6-5-7-14/h3-4,8-14,20H,2,5-7H2,1H3,(H,21,22). The number of anilines is 3. The Labute approximate surface area is 136 Å². The molecule has 0 unspecified atom stereocenters. The lowest BCUT2D eigenvalue weighted by molar-refractivity contribution is -0.122. The highest BCUT2D eigenvalue weighted by atomic mass is 16.5. The van der Waals surface area contributed by atoms with E-state index in [1.165, 1.54) is 6.42 Å². The van der Waals surface area contributed by atoms with Gasteiger partial charge in [0, 0.05) is 17.3 Å². The number of carbonyl (C=O) groups is 1. The minimum Gasteiger partial charge on any atom is -0.492 e. The zero-order chi connectivity index (χ0) is 16.1. The zero-order valence-corrected chi connectivity index (χ0v) is 13.3. The van der Waals surface area contributed by atoms with Crippen molar-refractivity contribution in [2.45, 2.75) is 26.2 Å². The second kappa shape index (κ2) is 7.18. The van der Waals surface area contributed by atoms with Crippen molar-refractivity contribution in [1.82, 2.24) is 0 Å². The molecule has 0 saturated heterocycles. The minimum absolute atomic E-state index is 0.138. The number of benzene rings is 2. The van der Waals surface area contributed by atoms with E-state index < -0.39 is 0 Å². The van der Waals surface area contributed by atoms with E-state index in [4.69, 9.17) is 4.74 Å². The van der Waals surface area contributed by atoms with E-state index in [0.29, 0.717) is 6.61 Å². The summed E-state index contributed by atoms with van der Waals surface area (Å²) in [5.41, 5.74) is 2.73. The Morgan fingerprint density at radius 1 is 1.09 bits per heavy atom. The Kier molecular flexibility index (Phi) is 4.81. The summed E-state index contributed by atoms with van der Waals surface area (Å²) in [6.45, 7) is 2.60. The molecule has 1 amide bonds. The van der Waals surface area contributed by atoms with Crippen molar-refractivity contribution in [1.29, 1.82) is 0 Å². The number of hydrogen-bond acceptors (Lipinski definition) is 3. The van der Waals surface area contributed by atoms with E-state index in [2.05, 4.69) is 10.6 Å². The van der Waals surface area contributed by atoms with E-state index in [1.54, 1.807) is 0 Å². The average molecular weight is 310 g/mol. The maximum atomic E-state index is 11.9. The molecule has 120 valence electrons. The number of ether oxygens (including phenoxy) is 1. The molecule has 4 nitrogen and oxygen atoms in total. The molecule has 1 aliphatic rings. The summed E-state index contributed by atoms with van der Waals surface area (Å²) in [4.78, 5) is 11.9. The van der Waals surface area contributed by atoms with Gasteiger partial charge in [0.15, 0.2) is 0 Å². The van der Waals surface area contributed by atoms with Crippen LogP contribution in [0.5, 0.6) is 5.75 Å². The normalized spacial score (nSPS) is 14.0. The summed E-state index contributed by atoms with van der Waals surface area (Å²) < 4.78 is 5.61. The van der Waals surface area contributed by atoms with Gasteiger partial charge in [-0.15, -0.1) is 0 Å². The van der Waals surface area contributed by atoms with Crippen LogP contribution in [0, 0.1) is 5.92 Å². The van der Waals surface area contributed by atoms with Gasteiger partial charge in [-0.25, -0.2) is 0 Å². The number of carbonyl (C=O) groups excluding carboxylic acids is 1. The smallest absolute Gasteiger partial charge is 0.227 e. The maximum Gasteiger partial charge on any atom is 0.227 e. The summed E-state index contributed by atoms with van der Waals surface area (Å²) in [5.74, 6) is 1.17. The van der Waals surface area contributed by atoms with Crippen LogP contribution in [0.15, 0.2) is 48.5 Å². The molecule has 0 spiro atoms. The van der Waals surface area contributed by atoms with E-state index in [9.17, 15) is 4.79 Å². The van der Waals surface area contributed by atoms with E-state index in [-0.39, 0.29) is 11.8 Å². The third-order valence-corrected chi connectivity index (χ3v) is 4.09. The average Bonchev–Trinajstić information content (AvgIpc) is 2.50. The molecule has 4 heteroatoms. The van der Waals surface area contributed by atoms with Crippen molar-refractivity contribution >= 4 is 23.0 Å². The first-order valence-electron chi connectivity index (χ1n) is 8.16. The highest BCUT2D eigenvalue weighted by molar-refractivity contribution is 5.93. The Hall–Kier alpha value is -2.49. The van der Waals surface area contributed by atoms with Gasteiger partial charge in [0.1, 0.15) is 5.75 Å². The molecular weight excluding hydrogens is 288 g/mol. The van der Waals surface area contributed by atoms with Crippen molar-refractivity contribution in [3.63, 3.8) is 0 Å². The fourth-order valence-corrected chi connectivity index (χ4v) is 2.56. The van der Waals surface area contributed by atoms with Crippen LogP contribution in [-0.4, -0.2) is 12.5 Å². The third-order valence-electron chi connectivity index (χ3n) is 4.09. The van der Waals surface area contributed by atoms with Gasteiger partial charge in [-0.2, -0.15) is 0 Å². The number of para-hydroxylation sites is 2. The van der Waals surface area contributed by atoms with Crippen LogP contribution < -0.4 is 15.4 Å². The zero-order valence-electron chi connectivity index (χ0n) is 13.3. The molecule has 0 aromatic heterocycles. The molecule has 2 aromatic carbocycles. The molecule has 3 rings (SSSR count). The second-order valence-corrected chi connectivity index (χ2v) is 5.75. The Morgan fingerprint density at radius 3 is 2.43 bits per heavy atom. The van der Waals surface area contributed by atoms with Crippen LogP contribution in [0.4, 0.5) is 17.1 Å². The molecule has 0 heterocycles. The van der Waals surface area contributed by atoms with Gasteiger partial charge < -0.3 is 15.4 Å². The summed E-state index contributed by atoms with van der Waals surface area (Å²) in [6.07, 6.45) is 3.19. The monoisotopic (exact) mass is 310 g/mol. The van der Waals surface area contributed by atoms with Crippen LogP contribution in [0.2, 0.25) is 0 Å². The molecular formula is C19H22N2O2. The Balaban J connectivity index is 1.64. The van der Waals surface area contributed by atoms with E-state index in [0.717, 1.165) is 35.7 Å². The number of nitrogens with one attached hydrogen (secondary N) is 2. The SMILES string of the molecule is CCOc1ccccc1Nc1ccc(NC(=O)C2CCC2)cc1. The molecule has 1 aliphatic carbocycles. The summed E-state index contributed by atoms with van der Waals surface area (Å²) >= 11 is 0. The van der Waals surface area contributed by atoms with Crippen LogP contribution in [-0.2, 0) is 4.79 Å². The van der Waals surface area contributed by atoms with Gasteiger partial charge in [0.25, 0.3) is 0 Å². The topological polar surface area (TPSA) is 50.4 Å². The predicted molar refractivity (Wildman–Crippen MR) is 93.3 cm³/mol. The first kappa shape index (κ1) is 15.4. The third kappa shape index (κ3) is 3.83. The molecule has 0 atom stereocenters. The van der Waals surface area contributed by atoms with Crippen molar-refractivity contribution in [2.75, 3.05) is 17.2 Å². The van der Waals surface area contributed by atoms with Crippen LogP contribution in [0.1, 0.15) is 26.2 Å². The largest absolute Gasteiger partial charge is 0.492 e. The van der Waals surface area contributed by atoms with Crippen LogP contribution in [0.25, 0.3) is 0 Å². The first-order valence-corrected chi connectivity index (χ1v) is 8.16. The molecule has 0 aliphatic heterocycles. The predicted octanol–water partition coefficient (Wildman–Crippen LogP) is 4.57. The fourth-order valence-electron chi connectivity index (χ4n) is 2.56. The molecule has 1 fully saturated rings. The van der Waals surface area contributed by atoms with Gasteiger partial charge in [-0.3, -0.25) is 4.79 Å².